The number of carbonyl (C=O) groups is 1. The van der Waals surface area contributed by atoms with E-state index in [0.29, 0.717) is 13.2 Å². The molecule has 3 N–H and O–H groups in total. The summed E-state index contributed by atoms with van der Waals surface area (Å²) in [4.78, 5) is 16.7. The number of anilines is 1. The number of nitrogens with one attached hydrogen (secondary N) is 3. The lowest BCUT2D eigenvalue weighted by Crippen LogP contribution is -2.38. The highest BCUT2D eigenvalue weighted by Gasteiger charge is 2.04. The number of hydrogen-bond donors (Lipinski definition) is 3. The highest BCUT2D eigenvalue weighted by molar-refractivity contribution is 5.90. The Morgan fingerprint density at radius 2 is 2.19 bits per heavy atom. The summed E-state index contributed by atoms with van der Waals surface area (Å²) >= 11 is 0. The molecular weight excluding hydrogens is 344 g/mol. The lowest BCUT2D eigenvalue weighted by Gasteiger charge is -2.11. The molecule has 0 spiro atoms. The molecule has 1 heterocycles. The second kappa shape index (κ2) is 11.7. The van der Waals surface area contributed by atoms with Gasteiger partial charge >= 0.3 is 0 Å². The van der Waals surface area contributed by atoms with Gasteiger partial charge < -0.3 is 20.7 Å². The molecule has 2 aromatic rings. The van der Waals surface area contributed by atoms with Gasteiger partial charge in [0.25, 0.3) is 0 Å². The Morgan fingerprint density at radius 1 is 1.30 bits per heavy atom. The molecule has 1 aromatic carbocycles. The molecule has 0 atom stereocenters. The van der Waals surface area contributed by atoms with E-state index in [1.54, 1.807) is 30.3 Å². The molecular formula is C19H28N6O2. The maximum atomic E-state index is 12.1. The number of aliphatic imine (C=N–C) groups is 1. The van der Waals surface area contributed by atoms with Crippen molar-refractivity contribution in [3.05, 3.63) is 48.3 Å². The fourth-order valence-corrected chi connectivity index (χ4v) is 2.42. The quantitative estimate of drug-likeness (QED) is 0.335. The summed E-state index contributed by atoms with van der Waals surface area (Å²) in [6, 6.07) is 9.48. The first-order chi connectivity index (χ1) is 13.2. The number of guanidine groups is 1. The zero-order valence-electron chi connectivity index (χ0n) is 15.9. The van der Waals surface area contributed by atoms with Crippen molar-refractivity contribution >= 4 is 17.6 Å². The van der Waals surface area contributed by atoms with Gasteiger partial charge in [0, 0.05) is 44.9 Å². The standard InChI is InChI=1S/C19H28N6O2/c1-3-20-19(21-9-6-12-27-2)22-14-16-7-4-8-17(13-16)24-18(26)15-25-11-5-10-23-25/h4-5,7-8,10-11,13H,3,6,9,12,14-15H2,1-2H3,(H,24,26)(H2,20,21,22). The van der Waals surface area contributed by atoms with Crippen LogP contribution in [0.2, 0.25) is 0 Å². The summed E-state index contributed by atoms with van der Waals surface area (Å²) < 4.78 is 6.64. The van der Waals surface area contributed by atoms with Gasteiger partial charge in [0.2, 0.25) is 5.91 Å². The topological polar surface area (TPSA) is 92.6 Å². The van der Waals surface area contributed by atoms with E-state index in [1.807, 2.05) is 31.2 Å². The number of rotatable bonds is 10. The first-order valence-corrected chi connectivity index (χ1v) is 9.08. The molecule has 0 aliphatic rings. The molecule has 0 fully saturated rings. The highest BCUT2D eigenvalue weighted by atomic mass is 16.5. The zero-order chi connectivity index (χ0) is 19.3. The Kier molecular flexibility index (Phi) is 8.85. The van der Waals surface area contributed by atoms with Gasteiger partial charge in [-0.15, -0.1) is 0 Å². The van der Waals surface area contributed by atoms with Crippen molar-refractivity contribution in [1.82, 2.24) is 20.4 Å². The van der Waals surface area contributed by atoms with Crippen molar-refractivity contribution in [2.24, 2.45) is 4.99 Å². The zero-order valence-corrected chi connectivity index (χ0v) is 15.9. The van der Waals surface area contributed by atoms with E-state index < -0.39 is 0 Å². The number of hydrogen-bond acceptors (Lipinski definition) is 4. The van der Waals surface area contributed by atoms with Crippen LogP contribution in [0.3, 0.4) is 0 Å². The van der Waals surface area contributed by atoms with Crippen LogP contribution in [-0.2, 0) is 22.6 Å². The number of benzene rings is 1. The Morgan fingerprint density at radius 3 is 2.93 bits per heavy atom. The van der Waals surface area contributed by atoms with E-state index in [0.717, 1.165) is 36.7 Å². The van der Waals surface area contributed by atoms with E-state index in [4.69, 9.17) is 4.74 Å². The number of nitrogens with zero attached hydrogens (tertiary/aromatic N) is 3. The van der Waals surface area contributed by atoms with Gasteiger partial charge in [-0.1, -0.05) is 12.1 Å². The molecule has 0 saturated heterocycles. The van der Waals surface area contributed by atoms with Gasteiger partial charge in [-0.05, 0) is 37.1 Å². The monoisotopic (exact) mass is 372 g/mol. The molecule has 27 heavy (non-hydrogen) atoms. The maximum absolute atomic E-state index is 12.1. The summed E-state index contributed by atoms with van der Waals surface area (Å²) in [5.74, 6) is 0.647. The van der Waals surface area contributed by atoms with E-state index >= 15 is 0 Å². The smallest absolute Gasteiger partial charge is 0.246 e. The summed E-state index contributed by atoms with van der Waals surface area (Å²) in [6.45, 7) is 5.03. The predicted octanol–water partition coefficient (Wildman–Crippen LogP) is 1.61. The summed E-state index contributed by atoms with van der Waals surface area (Å²) in [7, 11) is 1.69. The van der Waals surface area contributed by atoms with Gasteiger partial charge in [0.05, 0.1) is 6.54 Å². The molecule has 0 unspecified atom stereocenters. The predicted molar refractivity (Wildman–Crippen MR) is 107 cm³/mol. The van der Waals surface area contributed by atoms with Crippen LogP contribution in [0, 0.1) is 0 Å². The van der Waals surface area contributed by atoms with Crippen LogP contribution in [0.25, 0.3) is 0 Å². The Hall–Kier alpha value is -2.87. The van der Waals surface area contributed by atoms with Crippen molar-refractivity contribution in [2.45, 2.75) is 26.4 Å². The third kappa shape index (κ3) is 7.91. The van der Waals surface area contributed by atoms with Crippen LogP contribution >= 0.6 is 0 Å². The second-order valence-corrected chi connectivity index (χ2v) is 5.92. The van der Waals surface area contributed by atoms with E-state index in [9.17, 15) is 4.79 Å². The van der Waals surface area contributed by atoms with Crippen molar-refractivity contribution in [1.29, 1.82) is 0 Å². The molecule has 1 amide bonds. The first kappa shape index (κ1) is 20.4. The molecule has 0 aliphatic carbocycles. The molecule has 0 radical (unpaired) electrons. The Labute approximate surface area is 160 Å². The number of carbonyl (C=O) groups excluding carboxylic acids is 1. The lowest BCUT2D eigenvalue weighted by molar-refractivity contribution is -0.116. The molecule has 8 heteroatoms. The van der Waals surface area contributed by atoms with Gasteiger partial charge in [-0.2, -0.15) is 5.10 Å². The van der Waals surface area contributed by atoms with E-state index in [-0.39, 0.29) is 12.5 Å². The van der Waals surface area contributed by atoms with E-state index in [1.165, 1.54) is 0 Å². The van der Waals surface area contributed by atoms with Crippen LogP contribution in [0.15, 0.2) is 47.7 Å². The summed E-state index contributed by atoms with van der Waals surface area (Å²) in [6.07, 6.45) is 4.32. The second-order valence-electron chi connectivity index (χ2n) is 5.92. The molecule has 0 aliphatic heterocycles. The number of aromatic nitrogens is 2. The highest BCUT2D eigenvalue weighted by Crippen LogP contribution is 2.11. The van der Waals surface area contributed by atoms with Crippen LogP contribution < -0.4 is 16.0 Å². The largest absolute Gasteiger partial charge is 0.385 e. The van der Waals surface area contributed by atoms with E-state index in [2.05, 4.69) is 26.0 Å². The van der Waals surface area contributed by atoms with Crippen LogP contribution in [-0.4, -0.2) is 48.5 Å². The number of amides is 1. The molecule has 8 nitrogen and oxygen atoms in total. The average molecular weight is 372 g/mol. The average Bonchev–Trinajstić information content (AvgIpc) is 3.16. The Bertz CT molecular complexity index is 715. The van der Waals surface area contributed by atoms with Crippen molar-refractivity contribution in [3.8, 4) is 0 Å². The number of methoxy groups -OCH3 is 1. The molecule has 1 aromatic heterocycles. The van der Waals surface area contributed by atoms with Gasteiger partial charge in [0.15, 0.2) is 5.96 Å². The Balaban J connectivity index is 1.89. The SMILES string of the molecule is CCNC(=NCc1cccc(NC(=O)Cn2cccn2)c1)NCCCOC. The minimum Gasteiger partial charge on any atom is -0.385 e. The third-order valence-corrected chi connectivity index (χ3v) is 3.66. The summed E-state index contributed by atoms with van der Waals surface area (Å²) in [5.41, 5.74) is 1.76. The van der Waals surface area contributed by atoms with Crippen LogP contribution in [0.5, 0.6) is 0 Å². The fourth-order valence-electron chi connectivity index (χ4n) is 2.42. The normalized spacial score (nSPS) is 11.3. The first-order valence-electron chi connectivity index (χ1n) is 9.08. The van der Waals surface area contributed by atoms with Crippen LogP contribution in [0.1, 0.15) is 18.9 Å². The fraction of sp³-hybridized carbons (Fsp3) is 0.421. The molecule has 0 saturated carbocycles. The minimum atomic E-state index is -0.118. The van der Waals surface area contributed by atoms with Crippen LogP contribution in [0.4, 0.5) is 5.69 Å². The maximum Gasteiger partial charge on any atom is 0.246 e. The third-order valence-electron chi connectivity index (χ3n) is 3.66. The lowest BCUT2D eigenvalue weighted by atomic mass is 10.2. The summed E-state index contributed by atoms with van der Waals surface area (Å²) in [5, 5.41) is 13.4. The molecule has 2 rings (SSSR count). The molecule has 0 bridgehead atoms. The number of ether oxygens (including phenoxy) is 1. The van der Waals surface area contributed by atoms with Crippen molar-refractivity contribution < 1.29 is 9.53 Å². The molecule has 146 valence electrons. The van der Waals surface area contributed by atoms with Gasteiger partial charge in [0.1, 0.15) is 6.54 Å². The van der Waals surface area contributed by atoms with Gasteiger partial charge in [-0.3, -0.25) is 9.48 Å². The van der Waals surface area contributed by atoms with Crippen molar-refractivity contribution in [2.75, 3.05) is 32.1 Å². The van der Waals surface area contributed by atoms with Crippen molar-refractivity contribution in [3.63, 3.8) is 0 Å². The minimum absolute atomic E-state index is 0.118. The van der Waals surface area contributed by atoms with Gasteiger partial charge in [-0.25, -0.2) is 4.99 Å².